The first-order valence-corrected chi connectivity index (χ1v) is 8.81. The molecule has 0 aliphatic heterocycles. The molecule has 0 spiro atoms. The third kappa shape index (κ3) is 4.89. The first kappa shape index (κ1) is 19.4. The Morgan fingerprint density at radius 3 is 2.46 bits per heavy atom. The summed E-state index contributed by atoms with van der Waals surface area (Å²) in [5.41, 5.74) is 0.744. The maximum absolute atomic E-state index is 13.0. The number of carbonyl (C=O) groups is 1. The number of carbonyl (C=O) groups excluding carboxylic acids is 1. The summed E-state index contributed by atoms with van der Waals surface area (Å²) in [4.78, 5) is 25.5. The van der Waals surface area contributed by atoms with Crippen molar-refractivity contribution in [1.82, 2.24) is 19.9 Å². The average Bonchev–Trinajstić information content (AvgIpc) is 3.17. The summed E-state index contributed by atoms with van der Waals surface area (Å²) in [6.07, 6.45) is -1.55. The molecule has 3 rings (SSSR count). The smallest absolute Gasteiger partial charge is 0.324 e. The Kier molecular flexibility index (Phi) is 5.65. The van der Waals surface area contributed by atoms with Gasteiger partial charge in [0.15, 0.2) is 10.8 Å². The topological polar surface area (TPSA) is 82.8 Å². The third-order valence-corrected chi connectivity index (χ3v) is 4.43. The number of aromatic nitrogens is 3. The minimum Gasteiger partial charge on any atom is -0.324 e. The zero-order chi connectivity index (χ0) is 20.1. The summed E-state index contributed by atoms with van der Waals surface area (Å²) in [7, 11) is 0. The van der Waals surface area contributed by atoms with Crippen LogP contribution in [-0.2, 0) is 6.54 Å². The van der Waals surface area contributed by atoms with E-state index in [1.54, 1.807) is 6.07 Å². The molecule has 0 saturated heterocycles. The molecule has 0 aliphatic rings. The highest BCUT2D eigenvalue weighted by atomic mass is 32.1. The van der Waals surface area contributed by atoms with Crippen molar-refractivity contribution < 1.29 is 18.0 Å². The molecule has 6 nitrogen and oxygen atoms in total. The van der Waals surface area contributed by atoms with Crippen molar-refractivity contribution in [2.45, 2.75) is 12.7 Å². The first-order chi connectivity index (χ1) is 13.4. The lowest BCUT2D eigenvalue weighted by atomic mass is 10.1. The summed E-state index contributed by atoms with van der Waals surface area (Å²) in [6, 6.07) is 9.55. The van der Waals surface area contributed by atoms with Gasteiger partial charge in [-0.3, -0.25) is 4.79 Å². The number of thiazole rings is 1. The quantitative estimate of drug-likeness (QED) is 0.649. The monoisotopic (exact) mass is 403 g/mol. The second-order valence-corrected chi connectivity index (χ2v) is 6.55. The minimum absolute atomic E-state index is 0.106. The van der Waals surface area contributed by atoms with Crippen molar-refractivity contribution in [1.29, 1.82) is 5.26 Å². The van der Waals surface area contributed by atoms with E-state index < -0.39 is 18.6 Å². The Balaban J connectivity index is 1.84. The molecule has 0 aliphatic carbocycles. The van der Waals surface area contributed by atoms with Crippen molar-refractivity contribution >= 4 is 17.2 Å². The Morgan fingerprint density at radius 1 is 1.18 bits per heavy atom. The van der Waals surface area contributed by atoms with Crippen LogP contribution in [0.3, 0.4) is 0 Å². The normalized spacial score (nSPS) is 11.1. The third-order valence-electron chi connectivity index (χ3n) is 3.59. The Morgan fingerprint density at radius 2 is 1.86 bits per heavy atom. The van der Waals surface area contributed by atoms with Gasteiger partial charge in [0.25, 0.3) is 5.91 Å². The number of amides is 1. The van der Waals surface area contributed by atoms with Gasteiger partial charge in [0.05, 0.1) is 11.6 Å². The Bertz CT molecular complexity index is 997. The summed E-state index contributed by atoms with van der Waals surface area (Å²) >= 11 is 1.08. The van der Waals surface area contributed by atoms with E-state index in [1.165, 1.54) is 42.0 Å². The van der Waals surface area contributed by atoms with Gasteiger partial charge in [0.1, 0.15) is 12.2 Å². The number of benzene rings is 1. The van der Waals surface area contributed by atoms with Crippen LogP contribution < -0.4 is 0 Å². The van der Waals surface area contributed by atoms with Crippen molar-refractivity contribution in [2.75, 3.05) is 6.54 Å². The molecule has 0 atom stereocenters. The molecule has 28 heavy (non-hydrogen) atoms. The SMILES string of the molecule is N#Cc1ccc(CN(CC(F)(F)F)C(=O)c2csc(-c3ncccn3)n2)cc1. The Labute approximate surface area is 161 Å². The van der Waals surface area contributed by atoms with Gasteiger partial charge < -0.3 is 4.90 Å². The van der Waals surface area contributed by atoms with Crippen LogP contribution >= 0.6 is 11.3 Å². The van der Waals surface area contributed by atoms with E-state index in [9.17, 15) is 18.0 Å². The molecule has 0 N–H and O–H groups in total. The molecule has 1 amide bonds. The van der Waals surface area contributed by atoms with Gasteiger partial charge in [0.2, 0.25) is 0 Å². The van der Waals surface area contributed by atoms with Gasteiger partial charge in [-0.05, 0) is 23.8 Å². The molecule has 0 fully saturated rings. The van der Waals surface area contributed by atoms with Gasteiger partial charge in [-0.25, -0.2) is 15.0 Å². The standard InChI is InChI=1S/C18H12F3N5OS/c19-18(20,21)11-26(9-13-4-2-12(8-22)3-5-13)17(27)14-10-28-16(25-14)15-23-6-1-7-24-15/h1-7,10H,9,11H2. The molecule has 1 aromatic carbocycles. The van der Waals surface area contributed by atoms with E-state index in [2.05, 4.69) is 15.0 Å². The van der Waals surface area contributed by atoms with Crippen molar-refractivity contribution in [2.24, 2.45) is 0 Å². The number of nitrogens with zero attached hydrogens (tertiary/aromatic N) is 5. The van der Waals surface area contributed by atoms with E-state index in [0.29, 0.717) is 26.9 Å². The molecule has 0 radical (unpaired) electrons. The number of nitriles is 1. The van der Waals surface area contributed by atoms with Gasteiger partial charge in [-0.2, -0.15) is 18.4 Å². The van der Waals surface area contributed by atoms with Gasteiger partial charge in [0, 0.05) is 24.3 Å². The van der Waals surface area contributed by atoms with Crippen LogP contribution in [0.15, 0.2) is 48.1 Å². The maximum Gasteiger partial charge on any atom is 0.406 e. The molecular weight excluding hydrogens is 391 g/mol. The van der Waals surface area contributed by atoms with Gasteiger partial charge in [-0.15, -0.1) is 11.3 Å². The van der Waals surface area contributed by atoms with E-state index >= 15 is 0 Å². The average molecular weight is 403 g/mol. The lowest BCUT2D eigenvalue weighted by molar-refractivity contribution is -0.141. The first-order valence-electron chi connectivity index (χ1n) is 7.94. The van der Waals surface area contributed by atoms with Crippen LogP contribution in [0.25, 0.3) is 10.8 Å². The minimum atomic E-state index is -4.57. The summed E-state index contributed by atoms with van der Waals surface area (Å²) in [5, 5.41) is 10.5. The number of alkyl halides is 3. The van der Waals surface area contributed by atoms with Crippen LogP contribution in [0.1, 0.15) is 21.6 Å². The lowest BCUT2D eigenvalue weighted by Gasteiger charge is -2.23. The predicted molar refractivity (Wildman–Crippen MR) is 95.1 cm³/mol. The van der Waals surface area contributed by atoms with E-state index in [-0.39, 0.29) is 12.2 Å². The molecule has 0 unspecified atom stereocenters. The Hall–Kier alpha value is -3.32. The fourth-order valence-corrected chi connectivity index (χ4v) is 3.11. The van der Waals surface area contributed by atoms with Crippen LogP contribution in [0.5, 0.6) is 0 Å². The number of hydrogen-bond acceptors (Lipinski definition) is 6. The number of rotatable bonds is 5. The summed E-state index contributed by atoms with van der Waals surface area (Å²) < 4.78 is 39.0. The van der Waals surface area contributed by atoms with Crippen LogP contribution in [0.2, 0.25) is 0 Å². The molecule has 0 saturated carbocycles. The van der Waals surface area contributed by atoms with E-state index in [1.807, 2.05) is 6.07 Å². The van der Waals surface area contributed by atoms with Gasteiger partial charge >= 0.3 is 6.18 Å². The lowest BCUT2D eigenvalue weighted by Crippen LogP contribution is -2.38. The van der Waals surface area contributed by atoms with Crippen LogP contribution in [-0.4, -0.2) is 38.5 Å². The largest absolute Gasteiger partial charge is 0.406 e. The molecule has 10 heteroatoms. The second-order valence-electron chi connectivity index (χ2n) is 5.70. The number of hydrogen-bond donors (Lipinski definition) is 0. The highest BCUT2D eigenvalue weighted by molar-refractivity contribution is 7.13. The summed E-state index contributed by atoms with van der Waals surface area (Å²) in [6.45, 7) is -1.68. The van der Waals surface area contributed by atoms with Crippen LogP contribution in [0.4, 0.5) is 13.2 Å². The zero-order valence-electron chi connectivity index (χ0n) is 14.2. The van der Waals surface area contributed by atoms with Crippen LogP contribution in [0, 0.1) is 11.3 Å². The molecule has 2 heterocycles. The second kappa shape index (κ2) is 8.14. The predicted octanol–water partition coefficient (Wildman–Crippen LogP) is 3.68. The molecule has 2 aromatic heterocycles. The molecule has 0 bridgehead atoms. The molecular formula is C18H12F3N5OS. The van der Waals surface area contributed by atoms with E-state index in [4.69, 9.17) is 5.26 Å². The fourth-order valence-electron chi connectivity index (χ4n) is 2.37. The highest BCUT2D eigenvalue weighted by Gasteiger charge is 2.34. The summed E-state index contributed by atoms with van der Waals surface area (Å²) in [5.74, 6) is -0.555. The van der Waals surface area contributed by atoms with Crippen molar-refractivity contribution in [3.8, 4) is 16.9 Å². The maximum atomic E-state index is 13.0. The van der Waals surface area contributed by atoms with E-state index in [0.717, 1.165) is 11.3 Å². The molecule has 3 aromatic rings. The van der Waals surface area contributed by atoms with Gasteiger partial charge in [-0.1, -0.05) is 12.1 Å². The fraction of sp³-hybridized carbons (Fsp3) is 0.167. The number of halogens is 3. The molecule has 142 valence electrons. The zero-order valence-corrected chi connectivity index (χ0v) is 15.0. The highest BCUT2D eigenvalue weighted by Crippen LogP contribution is 2.23. The van der Waals surface area contributed by atoms with Crippen molar-refractivity contribution in [3.05, 3.63) is 64.9 Å². The van der Waals surface area contributed by atoms with Crippen molar-refractivity contribution in [3.63, 3.8) is 0 Å².